The molecule has 0 saturated carbocycles. The number of nitrogens with zero attached hydrogens (tertiary/aromatic N) is 5. The number of hydrogen-bond acceptors (Lipinski definition) is 7. The van der Waals surface area contributed by atoms with E-state index >= 15 is 0 Å². The Kier molecular flexibility index (Phi) is 5.03. The van der Waals surface area contributed by atoms with Crippen molar-refractivity contribution in [1.29, 1.82) is 0 Å². The van der Waals surface area contributed by atoms with Crippen LogP contribution in [-0.4, -0.2) is 50.0 Å². The summed E-state index contributed by atoms with van der Waals surface area (Å²) in [6.07, 6.45) is 3.34. The van der Waals surface area contributed by atoms with Crippen LogP contribution in [0.2, 0.25) is 0 Å². The molecule has 0 saturated heterocycles. The number of hydrogen-bond donors (Lipinski definition) is 0. The first-order valence-electron chi connectivity index (χ1n) is 7.70. The minimum Gasteiger partial charge on any atom is -0.452 e. The zero-order valence-corrected chi connectivity index (χ0v) is 14.7. The van der Waals surface area contributed by atoms with Gasteiger partial charge in [0.15, 0.2) is 6.61 Å². The fourth-order valence-corrected chi connectivity index (χ4v) is 3.06. The van der Waals surface area contributed by atoms with Gasteiger partial charge in [0.2, 0.25) is 0 Å². The monoisotopic (exact) mass is 359 g/mol. The van der Waals surface area contributed by atoms with E-state index in [4.69, 9.17) is 4.74 Å². The van der Waals surface area contributed by atoms with Gasteiger partial charge in [-0.3, -0.25) is 4.79 Å². The number of carbonyl (C=O) groups is 2. The normalized spacial score (nSPS) is 10.8. The molecule has 3 heterocycles. The van der Waals surface area contributed by atoms with Crippen molar-refractivity contribution in [2.24, 2.45) is 0 Å². The van der Waals surface area contributed by atoms with Crippen molar-refractivity contribution < 1.29 is 14.3 Å². The highest BCUT2D eigenvalue weighted by Crippen LogP contribution is 2.12. The summed E-state index contributed by atoms with van der Waals surface area (Å²) >= 11 is 1.57. The molecule has 3 aromatic heterocycles. The van der Waals surface area contributed by atoms with E-state index in [1.807, 2.05) is 23.8 Å². The molecule has 3 rings (SSSR count). The molecule has 0 radical (unpaired) electrons. The molecular formula is C16H17N5O3S. The van der Waals surface area contributed by atoms with Crippen molar-refractivity contribution in [2.75, 3.05) is 13.7 Å². The van der Waals surface area contributed by atoms with E-state index in [1.54, 1.807) is 18.4 Å². The Morgan fingerprint density at radius 1 is 1.36 bits per heavy atom. The second-order valence-electron chi connectivity index (χ2n) is 5.40. The van der Waals surface area contributed by atoms with Crippen molar-refractivity contribution in [3.63, 3.8) is 0 Å². The Bertz CT molecular complexity index is 890. The summed E-state index contributed by atoms with van der Waals surface area (Å²) in [5, 5.41) is 7.98. The number of thiophene rings is 1. The summed E-state index contributed by atoms with van der Waals surface area (Å²) in [6, 6.07) is 1.95. The molecule has 130 valence electrons. The summed E-state index contributed by atoms with van der Waals surface area (Å²) in [5.74, 6) is -0.452. The van der Waals surface area contributed by atoms with Crippen molar-refractivity contribution in [3.8, 4) is 0 Å². The fourth-order valence-electron chi connectivity index (χ4n) is 2.40. The molecule has 0 spiro atoms. The summed E-state index contributed by atoms with van der Waals surface area (Å²) in [7, 11) is 1.67. The summed E-state index contributed by atoms with van der Waals surface area (Å²) < 4.78 is 6.67. The molecule has 0 unspecified atom stereocenters. The van der Waals surface area contributed by atoms with Gasteiger partial charge in [0.1, 0.15) is 6.33 Å². The molecule has 0 aliphatic carbocycles. The van der Waals surface area contributed by atoms with E-state index in [-0.39, 0.29) is 18.1 Å². The van der Waals surface area contributed by atoms with Gasteiger partial charge in [0.25, 0.3) is 11.7 Å². The van der Waals surface area contributed by atoms with Crippen molar-refractivity contribution in [2.45, 2.75) is 19.9 Å². The van der Waals surface area contributed by atoms with Crippen LogP contribution in [0.4, 0.5) is 0 Å². The van der Waals surface area contributed by atoms with Crippen LogP contribution in [0, 0.1) is 0 Å². The summed E-state index contributed by atoms with van der Waals surface area (Å²) in [6.45, 7) is 2.05. The Balaban J connectivity index is 1.65. The maximum Gasteiger partial charge on any atom is 0.342 e. The van der Waals surface area contributed by atoms with Crippen molar-refractivity contribution >= 4 is 29.0 Å². The van der Waals surface area contributed by atoms with Crippen LogP contribution >= 0.6 is 11.3 Å². The van der Waals surface area contributed by atoms with Gasteiger partial charge >= 0.3 is 5.97 Å². The molecule has 0 bridgehead atoms. The Hall–Kier alpha value is -2.81. The number of amides is 1. The van der Waals surface area contributed by atoms with Gasteiger partial charge in [-0.25, -0.2) is 14.3 Å². The third-order valence-electron chi connectivity index (χ3n) is 3.71. The van der Waals surface area contributed by atoms with Gasteiger partial charge in [-0.05, 0) is 28.8 Å². The summed E-state index contributed by atoms with van der Waals surface area (Å²) in [4.78, 5) is 34.1. The van der Waals surface area contributed by atoms with E-state index < -0.39 is 5.97 Å². The molecule has 0 N–H and O–H groups in total. The highest BCUT2D eigenvalue weighted by atomic mass is 32.1. The fraction of sp³-hybridized carbons (Fsp3) is 0.312. The van der Waals surface area contributed by atoms with E-state index in [9.17, 15) is 9.59 Å². The maximum atomic E-state index is 12.3. The van der Waals surface area contributed by atoms with Crippen LogP contribution in [0.3, 0.4) is 0 Å². The molecule has 25 heavy (non-hydrogen) atoms. The van der Waals surface area contributed by atoms with Gasteiger partial charge in [-0.15, -0.1) is 0 Å². The van der Waals surface area contributed by atoms with E-state index in [2.05, 4.69) is 15.1 Å². The van der Waals surface area contributed by atoms with Crippen LogP contribution in [0.25, 0.3) is 5.78 Å². The third kappa shape index (κ3) is 3.66. The molecule has 3 aromatic rings. The van der Waals surface area contributed by atoms with Gasteiger partial charge in [-0.1, -0.05) is 6.92 Å². The predicted molar refractivity (Wildman–Crippen MR) is 91.2 cm³/mol. The topological polar surface area (TPSA) is 89.7 Å². The molecule has 0 fully saturated rings. The van der Waals surface area contributed by atoms with Gasteiger partial charge in [-0.2, -0.15) is 21.4 Å². The Morgan fingerprint density at radius 2 is 2.20 bits per heavy atom. The first-order chi connectivity index (χ1) is 12.1. The quantitative estimate of drug-likeness (QED) is 0.621. The Morgan fingerprint density at radius 3 is 2.92 bits per heavy atom. The first kappa shape index (κ1) is 17.0. The molecule has 0 atom stereocenters. The number of rotatable bonds is 6. The van der Waals surface area contributed by atoms with Crippen molar-refractivity contribution in [1.82, 2.24) is 24.5 Å². The first-order valence-corrected chi connectivity index (χ1v) is 8.64. The number of carbonyl (C=O) groups excluding carboxylic acids is 2. The van der Waals surface area contributed by atoms with E-state index in [1.165, 1.54) is 21.9 Å². The van der Waals surface area contributed by atoms with Crippen molar-refractivity contribution in [3.05, 3.63) is 46.2 Å². The van der Waals surface area contributed by atoms with Gasteiger partial charge in [0, 0.05) is 19.8 Å². The van der Waals surface area contributed by atoms with Crippen LogP contribution in [0.1, 0.15) is 28.5 Å². The lowest BCUT2D eigenvalue weighted by atomic mass is 10.2. The number of ether oxygens (including phenoxy) is 1. The SMILES string of the molecule is CCc1c(C(=O)OCC(=O)N(C)Cc2ccsc2)cnc2ncnn12. The molecule has 8 nitrogen and oxygen atoms in total. The minimum absolute atomic E-state index is 0.271. The molecular weight excluding hydrogens is 342 g/mol. The predicted octanol–water partition coefficient (Wildman–Crippen LogP) is 1.56. The van der Waals surface area contributed by atoms with Gasteiger partial charge < -0.3 is 9.64 Å². The molecule has 0 aliphatic rings. The lowest BCUT2D eigenvalue weighted by molar-refractivity contribution is -0.133. The standard InChI is InChI=1S/C16H17N5O3S/c1-3-13-12(6-17-16-18-10-19-21(13)16)15(23)24-8-14(22)20(2)7-11-4-5-25-9-11/h4-6,9-10H,3,7-8H2,1-2H3. The number of aromatic nitrogens is 4. The number of esters is 1. The summed E-state index contributed by atoms with van der Waals surface area (Å²) in [5.41, 5.74) is 1.97. The van der Waals surface area contributed by atoms with E-state index in [0.717, 1.165) is 5.56 Å². The highest BCUT2D eigenvalue weighted by Gasteiger charge is 2.19. The second kappa shape index (κ2) is 7.39. The zero-order chi connectivity index (χ0) is 17.8. The smallest absolute Gasteiger partial charge is 0.342 e. The van der Waals surface area contributed by atoms with Crippen LogP contribution in [0.5, 0.6) is 0 Å². The largest absolute Gasteiger partial charge is 0.452 e. The lowest BCUT2D eigenvalue weighted by Gasteiger charge is -2.16. The lowest BCUT2D eigenvalue weighted by Crippen LogP contribution is -2.31. The number of likely N-dealkylation sites (N-methyl/N-ethyl adjacent to an activating group) is 1. The zero-order valence-electron chi connectivity index (χ0n) is 13.9. The highest BCUT2D eigenvalue weighted by molar-refractivity contribution is 7.07. The number of aryl methyl sites for hydroxylation is 1. The van der Waals surface area contributed by atoms with Crippen LogP contribution < -0.4 is 0 Å². The molecule has 0 aliphatic heterocycles. The van der Waals surface area contributed by atoms with Crippen LogP contribution in [-0.2, 0) is 22.5 Å². The maximum absolute atomic E-state index is 12.3. The molecule has 0 aromatic carbocycles. The van der Waals surface area contributed by atoms with Gasteiger partial charge in [0.05, 0.1) is 11.3 Å². The minimum atomic E-state index is -0.598. The second-order valence-corrected chi connectivity index (χ2v) is 6.18. The Labute approximate surface area is 148 Å². The third-order valence-corrected chi connectivity index (χ3v) is 4.44. The average Bonchev–Trinajstić information content (AvgIpc) is 3.29. The van der Waals surface area contributed by atoms with E-state index in [0.29, 0.717) is 24.4 Å². The number of fused-ring (bicyclic) bond motifs is 1. The molecule has 1 amide bonds. The van der Waals surface area contributed by atoms with Crippen LogP contribution in [0.15, 0.2) is 29.4 Å². The molecule has 9 heteroatoms. The average molecular weight is 359 g/mol.